The van der Waals surface area contributed by atoms with Crippen molar-refractivity contribution in [1.29, 1.82) is 0 Å². The van der Waals surface area contributed by atoms with Gasteiger partial charge >= 0.3 is 0 Å². The van der Waals surface area contributed by atoms with Crippen molar-refractivity contribution in [2.75, 3.05) is 0 Å². The molecule has 1 aromatic carbocycles. The third kappa shape index (κ3) is 2.35. The minimum atomic E-state index is -0.0287. The number of aryl methyl sites for hydroxylation is 2. The smallest absolute Gasteiger partial charge is 0.258 e. The van der Waals surface area contributed by atoms with Crippen LogP contribution in [-0.4, -0.2) is 20.4 Å². The zero-order chi connectivity index (χ0) is 16.8. The summed E-state index contributed by atoms with van der Waals surface area (Å²) in [6.07, 6.45) is 2.60. The molecule has 1 aliphatic carbocycles. The van der Waals surface area contributed by atoms with Gasteiger partial charge in [-0.05, 0) is 36.8 Å². The molecule has 2 aliphatic rings. The van der Waals surface area contributed by atoms with Crippen LogP contribution < -0.4 is 5.56 Å². The van der Waals surface area contributed by atoms with Gasteiger partial charge in [-0.15, -0.1) is 0 Å². The maximum absolute atomic E-state index is 12.8. The van der Waals surface area contributed by atoms with E-state index < -0.39 is 0 Å². The van der Waals surface area contributed by atoms with E-state index in [4.69, 9.17) is 0 Å². The second-order valence-electron chi connectivity index (χ2n) is 6.84. The van der Waals surface area contributed by atoms with Gasteiger partial charge in [0.05, 0.1) is 24.3 Å². The molecular formula is C19H21N3O2. The SMILES string of the molecule is Cc1nc2c(c(=O)n1C)CN(C(=O)C[C@@H]1CCc3ccccc31)C2. The van der Waals surface area contributed by atoms with E-state index in [-0.39, 0.29) is 11.5 Å². The topological polar surface area (TPSA) is 55.2 Å². The molecule has 0 saturated heterocycles. The number of carbonyl (C=O) groups is 1. The number of hydrogen-bond acceptors (Lipinski definition) is 3. The van der Waals surface area contributed by atoms with E-state index in [2.05, 4.69) is 23.2 Å². The summed E-state index contributed by atoms with van der Waals surface area (Å²) in [6, 6.07) is 8.40. The Morgan fingerprint density at radius 1 is 1.29 bits per heavy atom. The van der Waals surface area contributed by atoms with E-state index in [1.54, 1.807) is 16.5 Å². The third-order valence-electron chi connectivity index (χ3n) is 5.41. The summed E-state index contributed by atoms with van der Waals surface area (Å²) < 4.78 is 1.56. The van der Waals surface area contributed by atoms with Crippen molar-refractivity contribution in [3.63, 3.8) is 0 Å². The van der Waals surface area contributed by atoms with Gasteiger partial charge in [-0.2, -0.15) is 0 Å². The second kappa shape index (κ2) is 5.58. The molecule has 0 fully saturated rings. The number of amides is 1. The average Bonchev–Trinajstić information content (AvgIpc) is 3.18. The lowest BCUT2D eigenvalue weighted by atomic mass is 9.97. The van der Waals surface area contributed by atoms with E-state index in [1.807, 2.05) is 13.0 Å². The fourth-order valence-corrected chi connectivity index (χ4v) is 3.90. The van der Waals surface area contributed by atoms with Gasteiger partial charge in [0.2, 0.25) is 5.91 Å². The van der Waals surface area contributed by atoms with Crippen LogP contribution in [0.2, 0.25) is 0 Å². The number of fused-ring (bicyclic) bond motifs is 2. The maximum Gasteiger partial charge on any atom is 0.258 e. The Balaban J connectivity index is 1.52. The summed E-state index contributed by atoms with van der Waals surface area (Å²) >= 11 is 0. The van der Waals surface area contributed by atoms with E-state index in [0.717, 1.165) is 18.5 Å². The molecule has 0 saturated carbocycles. The number of carbonyl (C=O) groups excluding carboxylic acids is 1. The van der Waals surface area contributed by atoms with Crippen molar-refractivity contribution in [1.82, 2.24) is 14.5 Å². The van der Waals surface area contributed by atoms with Crippen LogP contribution in [0.1, 0.15) is 47.0 Å². The molecule has 2 heterocycles. The van der Waals surface area contributed by atoms with E-state index in [1.165, 1.54) is 11.1 Å². The third-order valence-corrected chi connectivity index (χ3v) is 5.41. The lowest BCUT2D eigenvalue weighted by Crippen LogP contribution is -2.28. The second-order valence-corrected chi connectivity index (χ2v) is 6.84. The molecule has 1 atom stereocenters. The largest absolute Gasteiger partial charge is 0.332 e. The number of hydrogen-bond donors (Lipinski definition) is 0. The monoisotopic (exact) mass is 323 g/mol. The molecule has 4 rings (SSSR count). The molecule has 0 radical (unpaired) electrons. The average molecular weight is 323 g/mol. The summed E-state index contributed by atoms with van der Waals surface area (Å²) in [6.45, 7) is 2.67. The van der Waals surface area contributed by atoms with Gasteiger partial charge in [0.25, 0.3) is 5.56 Å². The molecule has 24 heavy (non-hydrogen) atoms. The quantitative estimate of drug-likeness (QED) is 0.850. The van der Waals surface area contributed by atoms with Crippen molar-refractivity contribution in [2.45, 2.75) is 45.2 Å². The fourth-order valence-electron chi connectivity index (χ4n) is 3.90. The van der Waals surface area contributed by atoms with Gasteiger partial charge in [-0.25, -0.2) is 4.98 Å². The highest BCUT2D eigenvalue weighted by Crippen LogP contribution is 2.36. The number of aromatic nitrogens is 2. The summed E-state index contributed by atoms with van der Waals surface area (Å²) in [4.78, 5) is 31.4. The van der Waals surface area contributed by atoms with Gasteiger partial charge in [-0.3, -0.25) is 14.2 Å². The fraction of sp³-hybridized carbons (Fsp3) is 0.421. The normalized spacial score (nSPS) is 18.6. The minimum Gasteiger partial charge on any atom is -0.332 e. The standard InChI is InChI=1S/C19H21N3O2/c1-12-20-17-11-22(10-16(17)19(24)21(12)2)18(23)9-14-8-7-13-5-3-4-6-15(13)14/h3-6,14H,7-11H2,1-2H3/t14-/m0/s1. The molecule has 1 amide bonds. The number of nitrogens with zero attached hydrogens (tertiary/aromatic N) is 3. The Labute approximate surface area is 140 Å². The van der Waals surface area contributed by atoms with E-state index in [9.17, 15) is 9.59 Å². The minimum absolute atomic E-state index is 0.0287. The van der Waals surface area contributed by atoms with Crippen LogP contribution in [0.4, 0.5) is 0 Å². The van der Waals surface area contributed by atoms with Gasteiger partial charge in [0, 0.05) is 13.5 Å². The summed E-state index contributed by atoms with van der Waals surface area (Å²) in [5.41, 5.74) is 4.08. The van der Waals surface area contributed by atoms with Gasteiger partial charge in [0.1, 0.15) is 5.82 Å². The van der Waals surface area contributed by atoms with Crippen molar-refractivity contribution in [3.8, 4) is 0 Å². The predicted octanol–water partition coefficient (Wildman–Crippen LogP) is 2.05. The Bertz CT molecular complexity index is 885. The Kier molecular flexibility index (Phi) is 3.52. The molecule has 0 N–H and O–H groups in total. The molecule has 1 aliphatic heterocycles. The molecular weight excluding hydrogens is 302 g/mol. The number of benzene rings is 1. The van der Waals surface area contributed by atoms with Crippen LogP contribution in [0.15, 0.2) is 29.1 Å². The molecule has 0 spiro atoms. The Morgan fingerprint density at radius 3 is 2.92 bits per heavy atom. The lowest BCUT2D eigenvalue weighted by Gasteiger charge is -2.18. The van der Waals surface area contributed by atoms with Crippen LogP contribution in [-0.2, 0) is 31.4 Å². The highest BCUT2D eigenvalue weighted by atomic mass is 16.2. The highest BCUT2D eigenvalue weighted by Gasteiger charge is 2.31. The van der Waals surface area contributed by atoms with Crippen molar-refractivity contribution < 1.29 is 4.79 Å². The molecule has 0 bridgehead atoms. The van der Waals surface area contributed by atoms with E-state index in [0.29, 0.717) is 36.8 Å². The lowest BCUT2D eigenvalue weighted by molar-refractivity contribution is -0.132. The Morgan fingerprint density at radius 2 is 2.08 bits per heavy atom. The summed E-state index contributed by atoms with van der Waals surface area (Å²) in [5.74, 6) is 1.11. The molecule has 2 aromatic rings. The zero-order valence-electron chi connectivity index (χ0n) is 14.1. The van der Waals surface area contributed by atoms with Gasteiger partial charge < -0.3 is 4.90 Å². The molecule has 5 heteroatoms. The van der Waals surface area contributed by atoms with Crippen LogP contribution >= 0.6 is 0 Å². The first-order chi connectivity index (χ1) is 11.5. The molecule has 0 unspecified atom stereocenters. The van der Waals surface area contributed by atoms with Crippen LogP contribution in [0, 0.1) is 6.92 Å². The zero-order valence-corrected chi connectivity index (χ0v) is 14.1. The van der Waals surface area contributed by atoms with Crippen molar-refractivity contribution in [3.05, 3.63) is 62.8 Å². The van der Waals surface area contributed by atoms with Crippen LogP contribution in [0.5, 0.6) is 0 Å². The number of rotatable bonds is 2. The van der Waals surface area contributed by atoms with Gasteiger partial charge in [-0.1, -0.05) is 24.3 Å². The first kappa shape index (κ1) is 15.1. The highest BCUT2D eigenvalue weighted by molar-refractivity contribution is 5.78. The maximum atomic E-state index is 12.8. The van der Waals surface area contributed by atoms with Gasteiger partial charge in [0.15, 0.2) is 0 Å². The first-order valence-corrected chi connectivity index (χ1v) is 8.45. The molecule has 5 nitrogen and oxygen atoms in total. The van der Waals surface area contributed by atoms with Crippen LogP contribution in [0.25, 0.3) is 0 Å². The first-order valence-electron chi connectivity index (χ1n) is 8.45. The van der Waals surface area contributed by atoms with Crippen LogP contribution in [0.3, 0.4) is 0 Å². The van der Waals surface area contributed by atoms with Crippen molar-refractivity contribution >= 4 is 5.91 Å². The Hall–Kier alpha value is -2.43. The van der Waals surface area contributed by atoms with E-state index >= 15 is 0 Å². The van der Waals surface area contributed by atoms with Crippen molar-refractivity contribution in [2.24, 2.45) is 7.05 Å². The summed E-state index contributed by atoms with van der Waals surface area (Å²) in [7, 11) is 1.73. The predicted molar refractivity (Wildman–Crippen MR) is 90.6 cm³/mol. The molecule has 1 aromatic heterocycles. The summed E-state index contributed by atoms with van der Waals surface area (Å²) in [5, 5.41) is 0. The molecule has 124 valence electrons.